The molecule has 22 heavy (non-hydrogen) atoms. The van der Waals surface area contributed by atoms with Crippen molar-refractivity contribution in [2.45, 2.75) is 31.8 Å². The maximum Gasteiger partial charge on any atom is 0.254 e. The van der Waals surface area contributed by atoms with E-state index in [-0.39, 0.29) is 11.8 Å². The minimum Gasteiger partial charge on any atom is -0.387 e. The molecule has 1 saturated carbocycles. The maximum absolute atomic E-state index is 12.7. The van der Waals surface area contributed by atoms with Gasteiger partial charge in [0, 0.05) is 24.2 Å². The first kappa shape index (κ1) is 13.6. The number of amides is 1. The van der Waals surface area contributed by atoms with Crippen LogP contribution in [0.5, 0.6) is 0 Å². The Labute approximate surface area is 127 Å². The molecule has 116 valence electrons. The second kappa shape index (κ2) is 4.74. The molecule has 2 aromatic heterocycles. The first-order valence-corrected chi connectivity index (χ1v) is 7.77. The lowest BCUT2D eigenvalue weighted by molar-refractivity contribution is -0.0660. The van der Waals surface area contributed by atoms with E-state index in [0.717, 1.165) is 12.8 Å². The Morgan fingerprint density at radius 2 is 2.27 bits per heavy atom. The van der Waals surface area contributed by atoms with E-state index in [1.54, 1.807) is 23.2 Å². The molecule has 2 fully saturated rings. The van der Waals surface area contributed by atoms with Crippen molar-refractivity contribution >= 4 is 11.6 Å². The molecular formula is C15H19N5O2. The van der Waals surface area contributed by atoms with Crippen LogP contribution in [0.15, 0.2) is 18.3 Å². The van der Waals surface area contributed by atoms with Gasteiger partial charge in [-0.25, -0.2) is 4.52 Å². The number of pyridine rings is 1. The summed E-state index contributed by atoms with van der Waals surface area (Å²) in [5, 5.41) is 22.2. The smallest absolute Gasteiger partial charge is 0.254 e. The van der Waals surface area contributed by atoms with E-state index in [4.69, 9.17) is 0 Å². The second-order valence-electron chi connectivity index (χ2n) is 6.60. The number of β-amino-alcohol motifs (C(OH)–C–C–N with tert-alkyl or cyclic N) is 1. The summed E-state index contributed by atoms with van der Waals surface area (Å²) >= 11 is 0. The highest BCUT2D eigenvalue weighted by Gasteiger charge is 2.51. The summed E-state index contributed by atoms with van der Waals surface area (Å²) in [5.74, 6) is 0.385. The number of aliphatic hydroxyl groups is 1. The van der Waals surface area contributed by atoms with Crippen LogP contribution in [0.2, 0.25) is 0 Å². The fourth-order valence-electron chi connectivity index (χ4n) is 3.66. The average molecular weight is 301 g/mol. The molecule has 0 bridgehead atoms. The van der Waals surface area contributed by atoms with Gasteiger partial charge in [0.25, 0.3) is 5.91 Å². The molecule has 1 amide bonds. The highest BCUT2D eigenvalue weighted by Crippen LogP contribution is 2.44. The van der Waals surface area contributed by atoms with E-state index in [1.165, 1.54) is 10.9 Å². The summed E-state index contributed by atoms with van der Waals surface area (Å²) in [6.45, 7) is 3.06. The van der Waals surface area contributed by atoms with Gasteiger partial charge >= 0.3 is 0 Å². The van der Waals surface area contributed by atoms with Crippen LogP contribution in [-0.2, 0) is 0 Å². The highest BCUT2D eigenvalue weighted by atomic mass is 16.3. The van der Waals surface area contributed by atoms with Gasteiger partial charge in [0.1, 0.15) is 0 Å². The van der Waals surface area contributed by atoms with Crippen LogP contribution < -0.4 is 0 Å². The summed E-state index contributed by atoms with van der Waals surface area (Å²) < 4.78 is 1.52. The number of carbonyl (C=O) groups is 1. The van der Waals surface area contributed by atoms with Crippen molar-refractivity contribution in [2.75, 3.05) is 13.1 Å². The van der Waals surface area contributed by atoms with Crippen molar-refractivity contribution in [3.05, 3.63) is 23.9 Å². The largest absolute Gasteiger partial charge is 0.387 e. The minimum atomic E-state index is -0.728. The lowest BCUT2D eigenvalue weighted by Crippen LogP contribution is -2.48. The van der Waals surface area contributed by atoms with Crippen LogP contribution in [0.1, 0.15) is 36.5 Å². The molecule has 2 aliphatic rings. The molecule has 1 N–H and O–H groups in total. The van der Waals surface area contributed by atoms with Gasteiger partial charge in [-0.3, -0.25) is 4.79 Å². The Morgan fingerprint density at radius 3 is 3.00 bits per heavy atom. The maximum atomic E-state index is 12.7. The van der Waals surface area contributed by atoms with Gasteiger partial charge in [0.05, 0.1) is 12.1 Å². The number of hydrogen-bond acceptors (Lipinski definition) is 5. The van der Waals surface area contributed by atoms with Gasteiger partial charge in [-0.15, -0.1) is 5.10 Å². The third-order valence-corrected chi connectivity index (χ3v) is 5.34. The van der Waals surface area contributed by atoms with Crippen molar-refractivity contribution in [2.24, 2.45) is 11.8 Å². The van der Waals surface area contributed by atoms with Gasteiger partial charge in [0.15, 0.2) is 5.65 Å². The van der Waals surface area contributed by atoms with Gasteiger partial charge in [0.2, 0.25) is 0 Å². The lowest BCUT2D eigenvalue weighted by atomic mass is 9.69. The molecule has 0 aromatic carbocycles. The van der Waals surface area contributed by atoms with E-state index in [0.29, 0.717) is 30.2 Å². The number of likely N-dealkylation sites (tertiary alicyclic amines) is 1. The van der Waals surface area contributed by atoms with Crippen LogP contribution in [0, 0.1) is 11.8 Å². The number of hydrogen-bond donors (Lipinski definition) is 1. The number of tetrazole rings is 1. The number of rotatable bonds is 2. The second-order valence-corrected chi connectivity index (χ2v) is 6.60. The number of fused-ring (bicyclic) bond motifs is 1. The molecule has 0 spiro atoms. The van der Waals surface area contributed by atoms with Gasteiger partial charge in [-0.2, -0.15) is 0 Å². The Kier molecular flexibility index (Phi) is 2.94. The zero-order valence-corrected chi connectivity index (χ0v) is 12.5. The van der Waals surface area contributed by atoms with Crippen LogP contribution in [0.4, 0.5) is 0 Å². The number of carbonyl (C=O) groups excluding carboxylic acids is 1. The summed E-state index contributed by atoms with van der Waals surface area (Å²) in [6.07, 6.45) is 5.00. The summed E-state index contributed by atoms with van der Waals surface area (Å²) in [7, 11) is 0. The Bertz CT molecular complexity index is 726. The zero-order chi connectivity index (χ0) is 15.3. The standard InChI is InChI=1S/C15H19N5O2/c1-10-8-19(9-15(10,22)12-3-2-4-12)14(21)11-5-6-20-13(7-11)16-17-18-20/h5-7,10,12,22H,2-4,8-9H2,1H3. The number of nitrogens with zero attached hydrogens (tertiary/aromatic N) is 5. The molecular weight excluding hydrogens is 282 g/mol. The molecule has 7 heteroatoms. The zero-order valence-electron chi connectivity index (χ0n) is 12.5. The molecule has 1 aliphatic heterocycles. The van der Waals surface area contributed by atoms with Crippen LogP contribution in [-0.4, -0.2) is 54.6 Å². The third-order valence-electron chi connectivity index (χ3n) is 5.34. The highest BCUT2D eigenvalue weighted by molar-refractivity contribution is 5.95. The summed E-state index contributed by atoms with van der Waals surface area (Å²) in [6, 6.07) is 3.41. The Morgan fingerprint density at radius 1 is 1.45 bits per heavy atom. The minimum absolute atomic E-state index is 0.0624. The molecule has 2 atom stereocenters. The predicted molar refractivity (Wildman–Crippen MR) is 78.1 cm³/mol. The van der Waals surface area contributed by atoms with Crippen molar-refractivity contribution in [3.63, 3.8) is 0 Å². The monoisotopic (exact) mass is 301 g/mol. The Hall–Kier alpha value is -2.02. The Balaban J connectivity index is 1.57. The van der Waals surface area contributed by atoms with Gasteiger partial charge in [-0.1, -0.05) is 13.3 Å². The molecule has 0 radical (unpaired) electrons. The van der Waals surface area contributed by atoms with E-state index >= 15 is 0 Å². The average Bonchev–Trinajstić information content (AvgIpc) is 3.01. The molecule has 4 rings (SSSR count). The van der Waals surface area contributed by atoms with E-state index in [2.05, 4.69) is 15.5 Å². The van der Waals surface area contributed by atoms with Crippen molar-refractivity contribution in [1.29, 1.82) is 0 Å². The van der Waals surface area contributed by atoms with Crippen LogP contribution in [0.3, 0.4) is 0 Å². The van der Waals surface area contributed by atoms with Gasteiger partial charge < -0.3 is 10.0 Å². The quantitative estimate of drug-likeness (QED) is 0.885. The summed E-state index contributed by atoms with van der Waals surface area (Å²) in [4.78, 5) is 14.5. The predicted octanol–water partition coefficient (Wildman–Crippen LogP) is 0.747. The first-order valence-electron chi connectivity index (χ1n) is 7.77. The summed E-state index contributed by atoms with van der Waals surface area (Å²) in [5.41, 5.74) is 0.383. The third kappa shape index (κ3) is 1.92. The van der Waals surface area contributed by atoms with Crippen molar-refractivity contribution in [1.82, 2.24) is 24.9 Å². The van der Waals surface area contributed by atoms with E-state index in [9.17, 15) is 9.90 Å². The van der Waals surface area contributed by atoms with Crippen LogP contribution >= 0.6 is 0 Å². The lowest BCUT2D eigenvalue weighted by Gasteiger charge is -2.41. The van der Waals surface area contributed by atoms with Gasteiger partial charge in [-0.05, 0) is 41.3 Å². The van der Waals surface area contributed by atoms with Crippen molar-refractivity contribution < 1.29 is 9.90 Å². The normalized spacial score (nSPS) is 29.0. The van der Waals surface area contributed by atoms with E-state index in [1.807, 2.05) is 6.92 Å². The number of aromatic nitrogens is 4. The molecule has 1 saturated heterocycles. The SMILES string of the molecule is CC1CN(C(=O)c2ccn3nnnc3c2)CC1(O)C1CCC1. The molecule has 2 aromatic rings. The fraction of sp³-hybridized carbons (Fsp3) is 0.600. The van der Waals surface area contributed by atoms with Crippen molar-refractivity contribution in [3.8, 4) is 0 Å². The molecule has 7 nitrogen and oxygen atoms in total. The molecule has 1 aliphatic carbocycles. The van der Waals surface area contributed by atoms with Crippen LogP contribution in [0.25, 0.3) is 5.65 Å². The molecule has 2 unspecified atom stereocenters. The fourth-order valence-corrected chi connectivity index (χ4v) is 3.66. The first-order chi connectivity index (χ1) is 10.6. The van der Waals surface area contributed by atoms with E-state index < -0.39 is 5.60 Å². The molecule has 3 heterocycles. The topological polar surface area (TPSA) is 83.6 Å².